The van der Waals surface area contributed by atoms with E-state index in [1.54, 1.807) is 0 Å². The molecule has 0 amide bonds. The highest BCUT2D eigenvalue weighted by Gasteiger charge is 1.93. The molecule has 0 N–H and O–H groups in total. The topological polar surface area (TPSA) is 0 Å². The van der Waals surface area contributed by atoms with Crippen LogP contribution in [0.1, 0.15) is 26.7 Å². The molecule has 0 heterocycles. The molecule has 0 rings (SSSR count). The lowest BCUT2D eigenvalue weighted by Crippen LogP contribution is -1.87. The monoisotopic (exact) mass is 172 g/mol. The summed E-state index contributed by atoms with van der Waals surface area (Å²) < 4.78 is 0. The fraction of sp³-hybridized carbons (Fsp3) is 0.600. The normalized spacial score (nSPS) is 14.6. The third kappa shape index (κ3) is 6.18. The lowest BCUT2D eigenvalue weighted by molar-refractivity contribution is 0.658. The molecule has 0 spiro atoms. The van der Waals surface area contributed by atoms with Crippen molar-refractivity contribution in [2.75, 3.05) is 5.88 Å². The SMILES string of the molecule is C=CC(C)CCC=C(C)CCl. The smallest absolute Gasteiger partial charge is 0.0430 e. The van der Waals surface area contributed by atoms with Crippen molar-refractivity contribution >= 4 is 11.6 Å². The van der Waals surface area contributed by atoms with Gasteiger partial charge in [-0.05, 0) is 25.7 Å². The van der Waals surface area contributed by atoms with Crippen LogP contribution in [-0.4, -0.2) is 5.88 Å². The molecule has 0 radical (unpaired) electrons. The summed E-state index contributed by atoms with van der Waals surface area (Å²) in [6.45, 7) is 7.97. The number of hydrogen-bond donors (Lipinski definition) is 0. The van der Waals surface area contributed by atoms with Crippen molar-refractivity contribution in [2.45, 2.75) is 26.7 Å². The minimum Gasteiger partial charge on any atom is -0.122 e. The molecule has 0 aliphatic heterocycles. The van der Waals surface area contributed by atoms with Crippen LogP contribution in [0.4, 0.5) is 0 Å². The quantitative estimate of drug-likeness (QED) is 0.438. The molecule has 0 nitrogen and oxygen atoms in total. The van der Waals surface area contributed by atoms with Crippen LogP contribution in [-0.2, 0) is 0 Å². The maximum Gasteiger partial charge on any atom is 0.0430 e. The van der Waals surface area contributed by atoms with Gasteiger partial charge in [0.15, 0.2) is 0 Å². The molecule has 1 heteroatoms. The molecule has 1 atom stereocenters. The third-order valence-corrected chi connectivity index (χ3v) is 2.15. The standard InChI is InChI=1S/C10H17Cl/c1-4-9(2)6-5-7-10(3)8-11/h4,7,9H,1,5-6,8H2,2-3H3. The van der Waals surface area contributed by atoms with E-state index in [0.29, 0.717) is 11.8 Å². The largest absolute Gasteiger partial charge is 0.122 e. The van der Waals surface area contributed by atoms with Gasteiger partial charge in [0.1, 0.15) is 0 Å². The van der Waals surface area contributed by atoms with E-state index in [1.807, 2.05) is 6.08 Å². The summed E-state index contributed by atoms with van der Waals surface area (Å²) in [6, 6.07) is 0. The molecule has 11 heavy (non-hydrogen) atoms. The van der Waals surface area contributed by atoms with E-state index in [1.165, 1.54) is 12.0 Å². The summed E-state index contributed by atoms with van der Waals surface area (Å²) in [5.74, 6) is 1.28. The molecule has 0 fully saturated rings. The van der Waals surface area contributed by atoms with E-state index in [0.717, 1.165) is 6.42 Å². The van der Waals surface area contributed by atoms with Crippen LogP contribution in [0.25, 0.3) is 0 Å². The van der Waals surface area contributed by atoms with Crippen LogP contribution in [0.15, 0.2) is 24.3 Å². The van der Waals surface area contributed by atoms with Gasteiger partial charge in [-0.25, -0.2) is 0 Å². The first-order valence-electron chi connectivity index (χ1n) is 4.04. The summed E-state index contributed by atoms with van der Waals surface area (Å²) in [5.41, 5.74) is 1.27. The van der Waals surface area contributed by atoms with Gasteiger partial charge in [-0.3, -0.25) is 0 Å². The number of halogens is 1. The van der Waals surface area contributed by atoms with Gasteiger partial charge in [-0.2, -0.15) is 0 Å². The molecule has 0 aromatic carbocycles. The molecule has 0 aromatic rings. The first-order chi connectivity index (χ1) is 5.20. The maximum atomic E-state index is 5.61. The lowest BCUT2D eigenvalue weighted by Gasteiger charge is -2.01. The third-order valence-electron chi connectivity index (χ3n) is 1.73. The van der Waals surface area contributed by atoms with Gasteiger partial charge < -0.3 is 0 Å². The summed E-state index contributed by atoms with van der Waals surface area (Å²) in [4.78, 5) is 0. The van der Waals surface area contributed by atoms with Gasteiger partial charge in [0.2, 0.25) is 0 Å². The van der Waals surface area contributed by atoms with Gasteiger partial charge in [0, 0.05) is 5.88 Å². The number of hydrogen-bond acceptors (Lipinski definition) is 0. The van der Waals surface area contributed by atoms with Crippen LogP contribution in [0.5, 0.6) is 0 Å². The van der Waals surface area contributed by atoms with Crippen LogP contribution in [0.3, 0.4) is 0 Å². The predicted octanol–water partition coefficient (Wildman–Crippen LogP) is 3.77. The van der Waals surface area contributed by atoms with E-state index < -0.39 is 0 Å². The zero-order valence-electron chi connectivity index (χ0n) is 7.44. The molecular weight excluding hydrogens is 156 g/mol. The Morgan fingerprint density at radius 2 is 2.27 bits per heavy atom. The second-order valence-electron chi connectivity index (χ2n) is 2.97. The van der Waals surface area contributed by atoms with Crippen LogP contribution in [0, 0.1) is 5.92 Å². The average molecular weight is 173 g/mol. The zero-order chi connectivity index (χ0) is 8.69. The molecular formula is C10H17Cl. The molecule has 0 bridgehead atoms. The second kappa shape index (κ2) is 6.48. The lowest BCUT2D eigenvalue weighted by atomic mass is 10.1. The van der Waals surface area contributed by atoms with Crippen LogP contribution < -0.4 is 0 Å². The highest BCUT2D eigenvalue weighted by molar-refractivity contribution is 6.19. The van der Waals surface area contributed by atoms with Crippen molar-refractivity contribution in [3.63, 3.8) is 0 Å². The van der Waals surface area contributed by atoms with E-state index >= 15 is 0 Å². The van der Waals surface area contributed by atoms with E-state index in [2.05, 4.69) is 26.5 Å². The first-order valence-corrected chi connectivity index (χ1v) is 4.58. The van der Waals surface area contributed by atoms with E-state index in [-0.39, 0.29) is 0 Å². The Kier molecular flexibility index (Phi) is 6.34. The van der Waals surface area contributed by atoms with Gasteiger partial charge in [0.25, 0.3) is 0 Å². The maximum absolute atomic E-state index is 5.61. The molecule has 0 aliphatic rings. The number of allylic oxidation sites excluding steroid dienone is 3. The first kappa shape index (κ1) is 10.8. The van der Waals surface area contributed by atoms with E-state index in [4.69, 9.17) is 11.6 Å². The Labute approximate surface area is 74.9 Å². The summed E-state index contributed by atoms with van der Waals surface area (Å²) in [6.07, 6.45) is 6.49. The molecule has 0 aliphatic carbocycles. The minimum absolute atomic E-state index is 0.620. The molecule has 0 aromatic heterocycles. The highest BCUT2D eigenvalue weighted by Crippen LogP contribution is 2.08. The van der Waals surface area contributed by atoms with Crippen LogP contribution >= 0.6 is 11.6 Å². The van der Waals surface area contributed by atoms with Crippen molar-refractivity contribution in [1.82, 2.24) is 0 Å². The van der Waals surface area contributed by atoms with E-state index in [9.17, 15) is 0 Å². The number of alkyl halides is 1. The van der Waals surface area contributed by atoms with Gasteiger partial charge in [0.05, 0.1) is 0 Å². The minimum atomic E-state index is 0.620. The Morgan fingerprint density at radius 1 is 1.64 bits per heavy atom. The summed E-state index contributed by atoms with van der Waals surface area (Å²) >= 11 is 5.61. The molecule has 64 valence electrons. The van der Waals surface area contributed by atoms with Crippen molar-refractivity contribution in [3.8, 4) is 0 Å². The molecule has 1 unspecified atom stereocenters. The number of rotatable bonds is 5. The van der Waals surface area contributed by atoms with Crippen molar-refractivity contribution in [2.24, 2.45) is 5.92 Å². The van der Waals surface area contributed by atoms with Crippen molar-refractivity contribution in [3.05, 3.63) is 24.3 Å². The molecule has 0 saturated heterocycles. The fourth-order valence-corrected chi connectivity index (χ4v) is 0.874. The fourth-order valence-electron chi connectivity index (χ4n) is 0.765. The second-order valence-corrected chi connectivity index (χ2v) is 3.24. The van der Waals surface area contributed by atoms with Gasteiger partial charge in [-0.15, -0.1) is 18.2 Å². The Balaban J connectivity index is 3.47. The molecule has 0 saturated carbocycles. The van der Waals surface area contributed by atoms with Crippen LogP contribution in [0.2, 0.25) is 0 Å². The van der Waals surface area contributed by atoms with Gasteiger partial charge in [-0.1, -0.05) is 24.6 Å². The predicted molar refractivity (Wildman–Crippen MR) is 53.1 cm³/mol. The Bertz CT molecular complexity index is 136. The summed E-state index contributed by atoms with van der Waals surface area (Å²) in [7, 11) is 0. The highest BCUT2D eigenvalue weighted by atomic mass is 35.5. The zero-order valence-corrected chi connectivity index (χ0v) is 8.19. The Hall–Kier alpha value is -0.230. The average Bonchev–Trinajstić information content (AvgIpc) is 2.04. The Morgan fingerprint density at radius 3 is 2.73 bits per heavy atom. The van der Waals surface area contributed by atoms with Crippen molar-refractivity contribution < 1.29 is 0 Å². The summed E-state index contributed by atoms with van der Waals surface area (Å²) in [5, 5.41) is 0. The van der Waals surface area contributed by atoms with Crippen molar-refractivity contribution in [1.29, 1.82) is 0 Å². The van der Waals surface area contributed by atoms with Gasteiger partial charge >= 0.3 is 0 Å².